The molecular formula is C11H8N2. The van der Waals surface area contributed by atoms with Gasteiger partial charge in [0.05, 0.1) is 11.9 Å². The Balaban J connectivity index is 2.43. The Hall–Kier alpha value is -1.70. The Morgan fingerprint density at radius 2 is 2.15 bits per heavy atom. The van der Waals surface area contributed by atoms with E-state index in [2.05, 4.69) is 34.3 Å². The second kappa shape index (κ2) is 2.39. The molecule has 1 aromatic rings. The van der Waals surface area contributed by atoms with Crippen molar-refractivity contribution in [2.24, 2.45) is 9.98 Å². The number of rotatable bonds is 0. The summed E-state index contributed by atoms with van der Waals surface area (Å²) in [4.78, 5) is 8.51. The predicted octanol–water partition coefficient (Wildman–Crippen LogP) is 0.504. The Morgan fingerprint density at radius 1 is 1.15 bits per heavy atom. The zero-order valence-electron chi connectivity index (χ0n) is 7.07. The van der Waals surface area contributed by atoms with Crippen molar-refractivity contribution in [3.8, 4) is 0 Å². The highest BCUT2D eigenvalue weighted by Crippen LogP contribution is 2.00. The zero-order valence-corrected chi connectivity index (χ0v) is 7.07. The average Bonchev–Trinajstić information content (AvgIpc) is 2.61. The molecule has 1 aromatic carbocycles. The third kappa shape index (κ3) is 0.952. The molecule has 0 unspecified atom stereocenters. The molecular weight excluding hydrogens is 160 g/mol. The van der Waals surface area contributed by atoms with Crippen molar-refractivity contribution >= 4 is 18.5 Å². The predicted molar refractivity (Wildman–Crippen MR) is 53.2 cm³/mol. The van der Waals surface area contributed by atoms with Crippen LogP contribution in [0.1, 0.15) is 11.1 Å². The molecule has 0 aliphatic carbocycles. The highest BCUT2D eigenvalue weighted by atomic mass is 14.7. The van der Waals surface area contributed by atoms with E-state index >= 15 is 0 Å². The fourth-order valence-corrected chi connectivity index (χ4v) is 1.66. The van der Waals surface area contributed by atoms with Crippen molar-refractivity contribution in [1.82, 2.24) is 0 Å². The first-order valence-corrected chi connectivity index (χ1v) is 4.32. The lowest BCUT2D eigenvalue weighted by Gasteiger charge is -2.01. The van der Waals surface area contributed by atoms with E-state index in [0.717, 1.165) is 11.9 Å². The summed E-state index contributed by atoms with van der Waals surface area (Å²) < 4.78 is 0. The van der Waals surface area contributed by atoms with E-state index in [9.17, 15) is 0 Å². The van der Waals surface area contributed by atoms with Crippen molar-refractivity contribution < 1.29 is 0 Å². The molecule has 0 fully saturated rings. The summed E-state index contributed by atoms with van der Waals surface area (Å²) in [5.74, 6) is 0. The first kappa shape index (κ1) is 6.78. The molecule has 2 heterocycles. The highest BCUT2D eigenvalue weighted by molar-refractivity contribution is 5.86. The van der Waals surface area contributed by atoms with E-state index in [1.54, 1.807) is 0 Å². The van der Waals surface area contributed by atoms with E-state index in [-0.39, 0.29) is 0 Å². The van der Waals surface area contributed by atoms with E-state index in [1.807, 2.05) is 12.4 Å². The average molecular weight is 168 g/mol. The van der Waals surface area contributed by atoms with Crippen LogP contribution in [0.25, 0.3) is 12.3 Å². The van der Waals surface area contributed by atoms with E-state index in [0.29, 0.717) is 0 Å². The van der Waals surface area contributed by atoms with Gasteiger partial charge in [-0.3, -0.25) is 9.98 Å². The van der Waals surface area contributed by atoms with Crippen LogP contribution in [-0.4, -0.2) is 12.8 Å². The summed E-state index contributed by atoms with van der Waals surface area (Å²) in [5.41, 5.74) is 2.38. The number of fused-ring (bicyclic) bond motifs is 2. The lowest BCUT2D eigenvalue weighted by Crippen LogP contribution is -2.18. The monoisotopic (exact) mass is 168 g/mol. The summed E-state index contributed by atoms with van der Waals surface area (Å²) in [6, 6.07) is 4.23. The largest absolute Gasteiger partial charge is 0.281 e. The van der Waals surface area contributed by atoms with Crippen LogP contribution in [0.4, 0.5) is 0 Å². The molecule has 0 atom stereocenters. The molecule has 3 rings (SSSR count). The minimum absolute atomic E-state index is 0.798. The van der Waals surface area contributed by atoms with Gasteiger partial charge in [0.15, 0.2) is 0 Å². The van der Waals surface area contributed by atoms with Gasteiger partial charge in [-0.05, 0) is 12.1 Å². The Bertz CT molecular complexity index is 536. The number of hydrogen-bond donors (Lipinski definition) is 0. The van der Waals surface area contributed by atoms with Gasteiger partial charge in [-0.25, -0.2) is 0 Å². The van der Waals surface area contributed by atoms with Gasteiger partial charge in [-0.15, -0.1) is 0 Å². The smallest absolute Gasteiger partial charge is 0.0657 e. The molecule has 13 heavy (non-hydrogen) atoms. The molecule has 2 nitrogen and oxygen atoms in total. The third-order valence-corrected chi connectivity index (χ3v) is 2.32. The summed E-state index contributed by atoms with van der Waals surface area (Å²) in [7, 11) is 0. The van der Waals surface area contributed by atoms with Crippen LogP contribution in [0.5, 0.6) is 0 Å². The fraction of sp³-hybridized carbons (Fsp3) is 0.0909. The second-order valence-corrected chi connectivity index (χ2v) is 3.19. The number of benzene rings is 1. The molecule has 0 radical (unpaired) electrons. The Morgan fingerprint density at radius 3 is 3.15 bits per heavy atom. The molecule has 0 aromatic heterocycles. The highest BCUT2D eigenvalue weighted by Gasteiger charge is 2.02. The van der Waals surface area contributed by atoms with Crippen molar-refractivity contribution in [2.75, 3.05) is 6.54 Å². The van der Waals surface area contributed by atoms with Crippen molar-refractivity contribution in [3.05, 3.63) is 39.9 Å². The minimum atomic E-state index is 0.798. The summed E-state index contributed by atoms with van der Waals surface area (Å²) in [6.45, 7) is 0.798. The van der Waals surface area contributed by atoms with Gasteiger partial charge in [0, 0.05) is 28.8 Å². The maximum absolute atomic E-state index is 4.41. The van der Waals surface area contributed by atoms with Crippen molar-refractivity contribution in [2.45, 2.75) is 0 Å². The number of aliphatic imine (C=N–C) groups is 1. The van der Waals surface area contributed by atoms with Crippen LogP contribution in [0, 0.1) is 0 Å². The standard InChI is InChI=1S/C11H8N2/c1-2-8-4-9-6-12-7-10(9)5-11(8)13-3-1/h1-2,4-7H,3H2. The topological polar surface area (TPSA) is 24.7 Å². The number of hydrogen-bond acceptors (Lipinski definition) is 2. The molecule has 0 N–H and O–H groups in total. The van der Waals surface area contributed by atoms with Gasteiger partial charge in [-0.1, -0.05) is 12.2 Å². The van der Waals surface area contributed by atoms with E-state index in [1.165, 1.54) is 16.3 Å². The van der Waals surface area contributed by atoms with Gasteiger partial charge in [0.2, 0.25) is 0 Å². The Kier molecular flexibility index (Phi) is 1.25. The van der Waals surface area contributed by atoms with Crippen LogP contribution in [0.15, 0.2) is 28.2 Å². The Labute approximate surface area is 75.7 Å². The molecule has 0 bridgehead atoms. The quantitative estimate of drug-likeness (QED) is 0.539. The first-order chi connectivity index (χ1) is 6.43. The summed E-state index contributed by atoms with van der Waals surface area (Å²) >= 11 is 0. The van der Waals surface area contributed by atoms with Crippen LogP contribution < -0.4 is 10.6 Å². The molecule has 0 spiro atoms. The van der Waals surface area contributed by atoms with Crippen LogP contribution in [0.3, 0.4) is 0 Å². The third-order valence-electron chi connectivity index (χ3n) is 2.32. The van der Waals surface area contributed by atoms with Crippen LogP contribution in [0.2, 0.25) is 0 Å². The second-order valence-electron chi connectivity index (χ2n) is 3.19. The summed E-state index contributed by atoms with van der Waals surface area (Å²) in [6.07, 6.45) is 7.96. The normalized spacial score (nSPS) is 16.0. The van der Waals surface area contributed by atoms with Crippen LogP contribution in [-0.2, 0) is 0 Å². The molecule has 62 valence electrons. The fourth-order valence-electron chi connectivity index (χ4n) is 1.66. The lowest BCUT2D eigenvalue weighted by atomic mass is 10.1. The molecule has 0 saturated carbocycles. The SMILES string of the molecule is C1=Cc2cc3c(cc2=NC1)C=NC=3. The van der Waals surface area contributed by atoms with Gasteiger partial charge >= 0.3 is 0 Å². The van der Waals surface area contributed by atoms with Crippen molar-refractivity contribution in [3.63, 3.8) is 0 Å². The van der Waals surface area contributed by atoms with Gasteiger partial charge in [0.25, 0.3) is 0 Å². The van der Waals surface area contributed by atoms with Crippen molar-refractivity contribution in [1.29, 1.82) is 0 Å². The maximum Gasteiger partial charge on any atom is 0.0657 e. The summed E-state index contributed by atoms with van der Waals surface area (Å²) in [5, 5.41) is 2.28. The molecule has 0 saturated heterocycles. The van der Waals surface area contributed by atoms with Gasteiger partial charge in [0.1, 0.15) is 0 Å². The van der Waals surface area contributed by atoms with Gasteiger partial charge in [-0.2, -0.15) is 0 Å². The molecule has 2 heteroatoms. The lowest BCUT2D eigenvalue weighted by molar-refractivity contribution is 1.12. The first-order valence-electron chi connectivity index (χ1n) is 4.32. The van der Waals surface area contributed by atoms with E-state index < -0.39 is 0 Å². The van der Waals surface area contributed by atoms with E-state index in [4.69, 9.17) is 0 Å². The zero-order chi connectivity index (χ0) is 8.67. The van der Waals surface area contributed by atoms with Gasteiger partial charge < -0.3 is 0 Å². The minimum Gasteiger partial charge on any atom is -0.281 e. The van der Waals surface area contributed by atoms with Crippen LogP contribution >= 0.6 is 0 Å². The molecule has 2 aliphatic heterocycles. The molecule has 0 amide bonds. The maximum atomic E-state index is 4.41. The number of nitrogens with zero attached hydrogens (tertiary/aromatic N) is 2. The molecule has 2 aliphatic rings.